The molecule has 0 bridgehead atoms. The van der Waals surface area contributed by atoms with Gasteiger partial charge in [-0.25, -0.2) is 13.1 Å². The number of aromatic nitrogens is 2. The minimum atomic E-state index is -4.68. The van der Waals surface area contributed by atoms with Gasteiger partial charge in [0.2, 0.25) is 0 Å². The lowest BCUT2D eigenvalue weighted by Gasteiger charge is -2.11. The third kappa shape index (κ3) is 4.37. The van der Waals surface area contributed by atoms with Gasteiger partial charge in [-0.15, -0.1) is 0 Å². The van der Waals surface area contributed by atoms with Crippen molar-refractivity contribution >= 4 is 15.5 Å². The van der Waals surface area contributed by atoms with Crippen LogP contribution in [-0.2, 0) is 16.4 Å². The van der Waals surface area contributed by atoms with Crippen LogP contribution in [0.3, 0.4) is 0 Å². The van der Waals surface area contributed by atoms with E-state index in [-0.39, 0.29) is 20.7 Å². The lowest BCUT2D eigenvalue weighted by molar-refractivity contribution is -0.143. The zero-order valence-corrected chi connectivity index (χ0v) is 13.4. The lowest BCUT2D eigenvalue weighted by atomic mass is 10.1. The van der Waals surface area contributed by atoms with Crippen molar-refractivity contribution in [2.75, 3.05) is 6.26 Å². The molecule has 0 saturated heterocycles. The molecule has 2 aromatic rings. The molecule has 0 fully saturated rings. The Morgan fingerprint density at radius 1 is 1.28 bits per heavy atom. The average molecular weight is 373 g/mol. The molecule has 0 amide bonds. The van der Waals surface area contributed by atoms with Gasteiger partial charge in [0.15, 0.2) is 9.84 Å². The van der Waals surface area contributed by atoms with Gasteiger partial charge in [-0.2, -0.15) is 18.3 Å². The first-order chi connectivity index (χ1) is 11.5. The number of alkyl halides is 3. The van der Waals surface area contributed by atoms with E-state index >= 15 is 0 Å². The fraction of sp³-hybridized carbons (Fsp3) is 0.231. The van der Waals surface area contributed by atoms with Crippen LogP contribution in [0.1, 0.15) is 0 Å². The molecule has 0 aliphatic carbocycles. The van der Waals surface area contributed by atoms with Gasteiger partial charge in [0, 0.05) is 16.7 Å². The van der Waals surface area contributed by atoms with Crippen LogP contribution in [0.15, 0.2) is 45.3 Å². The third-order valence-corrected chi connectivity index (χ3v) is 4.21. The summed E-state index contributed by atoms with van der Waals surface area (Å²) >= 11 is 0. The van der Waals surface area contributed by atoms with E-state index in [1.807, 2.05) is 0 Å². The van der Waals surface area contributed by atoms with Crippen LogP contribution in [-0.4, -0.2) is 30.6 Å². The van der Waals surface area contributed by atoms with Crippen molar-refractivity contribution < 1.29 is 21.6 Å². The molecular weight excluding hydrogens is 363 g/mol. The first-order valence-corrected chi connectivity index (χ1v) is 8.44. The summed E-state index contributed by atoms with van der Waals surface area (Å²) in [6.07, 6.45) is -2.72. The maximum atomic E-state index is 12.5. The summed E-state index contributed by atoms with van der Waals surface area (Å²) in [7, 11) is -3.45. The highest BCUT2D eigenvalue weighted by atomic mass is 32.2. The van der Waals surface area contributed by atoms with Crippen LogP contribution in [0.2, 0.25) is 0 Å². The second-order valence-electron chi connectivity index (χ2n) is 4.97. The summed E-state index contributed by atoms with van der Waals surface area (Å²) in [4.78, 5) is 14.6. The zero-order valence-electron chi connectivity index (χ0n) is 12.6. The molecule has 0 atom stereocenters. The van der Waals surface area contributed by atoms with Crippen molar-refractivity contribution in [1.82, 2.24) is 9.78 Å². The molecule has 1 heterocycles. The predicted molar refractivity (Wildman–Crippen MR) is 81.9 cm³/mol. The van der Waals surface area contributed by atoms with Gasteiger partial charge < -0.3 is 0 Å². The lowest BCUT2D eigenvalue weighted by Crippen LogP contribution is -2.30. The first-order valence-electron chi connectivity index (χ1n) is 6.55. The highest BCUT2D eigenvalue weighted by molar-refractivity contribution is 7.90. The van der Waals surface area contributed by atoms with Crippen LogP contribution in [0.25, 0.3) is 21.6 Å². The van der Waals surface area contributed by atoms with Gasteiger partial charge in [0.25, 0.3) is 5.56 Å². The molecule has 0 aliphatic rings. The molecule has 8 nitrogen and oxygen atoms in total. The Bertz CT molecular complexity index is 1010. The van der Waals surface area contributed by atoms with Crippen LogP contribution in [0.5, 0.6) is 0 Å². The Morgan fingerprint density at radius 3 is 2.36 bits per heavy atom. The topological polar surface area (TPSA) is 118 Å². The minimum absolute atomic E-state index is 0.0127. The Hall–Kier alpha value is -2.85. The highest BCUT2D eigenvalue weighted by Crippen LogP contribution is 2.28. The van der Waals surface area contributed by atoms with Gasteiger partial charge in [0.1, 0.15) is 12.2 Å². The summed E-state index contributed by atoms with van der Waals surface area (Å²) in [5, 5.41) is 6.60. The van der Waals surface area contributed by atoms with Gasteiger partial charge in [0.05, 0.1) is 11.1 Å². The Morgan fingerprint density at radius 2 is 1.88 bits per heavy atom. The van der Waals surface area contributed by atoms with Crippen LogP contribution in [0.4, 0.5) is 18.9 Å². The van der Waals surface area contributed by atoms with Crippen LogP contribution in [0, 0.1) is 0 Å². The highest BCUT2D eigenvalue weighted by Gasteiger charge is 2.30. The Labute approximate surface area is 139 Å². The number of hydrogen-bond donors (Lipinski definition) is 0. The normalized spacial score (nSPS) is 11.8. The molecule has 132 valence electrons. The maximum absolute atomic E-state index is 12.5. The number of hydrogen-bond acceptors (Lipinski definition) is 5. The second-order valence-corrected chi connectivity index (χ2v) is 6.99. The Balaban J connectivity index is 2.60. The summed E-state index contributed by atoms with van der Waals surface area (Å²) in [5.41, 5.74) is 7.06. The van der Waals surface area contributed by atoms with E-state index in [1.165, 1.54) is 24.3 Å². The average Bonchev–Trinajstić information content (AvgIpc) is 2.50. The molecular formula is C13H10F3N5O3S. The maximum Gasteiger partial charge on any atom is 0.408 e. The number of halogens is 3. The molecule has 0 spiro atoms. The van der Waals surface area contributed by atoms with E-state index in [0.717, 1.165) is 12.5 Å². The summed E-state index contributed by atoms with van der Waals surface area (Å²) in [6, 6.07) is 5.17. The van der Waals surface area contributed by atoms with Crippen molar-refractivity contribution in [3.8, 4) is 11.1 Å². The molecule has 1 aromatic heterocycles. The van der Waals surface area contributed by atoms with Gasteiger partial charge in [-0.05, 0) is 23.2 Å². The Kier molecular flexibility index (Phi) is 4.86. The van der Waals surface area contributed by atoms with Gasteiger partial charge in [-0.3, -0.25) is 4.79 Å². The van der Waals surface area contributed by atoms with E-state index in [9.17, 15) is 26.4 Å². The second kappa shape index (κ2) is 6.57. The molecule has 12 heteroatoms. The number of nitrogens with zero attached hydrogens (tertiary/aromatic N) is 5. The molecule has 1 aromatic carbocycles. The smallest absolute Gasteiger partial charge is 0.267 e. The number of rotatable bonds is 4. The van der Waals surface area contributed by atoms with Crippen LogP contribution >= 0.6 is 0 Å². The fourth-order valence-corrected chi connectivity index (χ4v) is 2.63. The summed E-state index contributed by atoms with van der Waals surface area (Å²) in [5.74, 6) is 0. The van der Waals surface area contributed by atoms with E-state index < -0.39 is 33.8 Å². The fourth-order valence-electron chi connectivity index (χ4n) is 2.00. The van der Waals surface area contributed by atoms with Crippen molar-refractivity contribution in [3.63, 3.8) is 0 Å². The van der Waals surface area contributed by atoms with E-state index in [0.29, 0.717) is 0 Å². The molecule has 2 rings (SSSR count). The van der Waals surface area contributed by atoms with Gasteiger partial charge in [-0.1, -0.05) is 17.2 Å². The third-order valence-electron chi connectivity index (χ3n) is 3.09. The van der Waals surface area contributed by atoms with Gasteiger partial charge >= 0.3 is 6.18 Å². The molecule has 0 N–H and O–H groups in total. The van der Waals surface area contributed by atoms with Crippen molar-refractivity contribution in [2.24, 2.45) is 5.11 Å². The molecule has 0 unspecified atom stereocenters. The quantitative estimate of drug-likeness (QED) is 0.465. The first kappa shape index (κ1) is 18.5. The largest absolute Gasteiger partial charge is 0.408 e. The van der Waals surface area contributed by atoms with Crippen LogP contribution < -0.4 is 5.56 Å². The molecule has 0 aliphatic heterocycles. The van der Waals surface area contributed by atoms with Crippen molar-refractivity contribution in [2.45, 2.75) is 17.6 Å². The summed E-state index contributed by atoms with van der Waals surface area (Å²) in [6.45, 7) is -1.63. The molecule has 0 radical (unpaired) electrons. The predicted octanol–water partition coefficient (Wildman–Crippen LogP) is 2.82. The summed E-state index contributed by atoms with van der Waals surface area (Å²) < 4.78 is 60.4. The monoisotopic (exact) mass is 373 g/mol. The number of sulfone groups is 1. The number of azide groups is 1. The minimum Gasteiger partial charge on any atom is -0.267 e. The number of benzene rings is 1. The van der Waals surface area contributed by atoms with E-state index in [1.54, 1.807) is 0 Å². The SMILES string of the molecule is CS(=O)(=O)c1ccc(-c2cnn(CC(F)(F)F)c(=O)c2N=[N+]=[N-])cc1. The molecule has 0 saturated carbocycles. The van der Waals surface area contributed by atoms with E-state index in [2.05, 4.69) is 15.1 Å². The molecule has 25 heavy (non-hydrogen) atoms. The zero-order chi connectivity index (χ0) is 18.8. The van der Waals surface area contributed by atoms with Crippen molar-refractivity contribution in [1.29, 1.82) is 0 Å². The van der Waals surface area contributed by atoms with E-state index in [4.69, 9.17) is 5.53 Å². The van der Waals surface area contributed by atoms with Crippen molar-refractivity contribution in [3.05, 3.63) is 51.3 Å². The standard InChI is InChI=1S/C13H10F3N5O3S/c1-25(23,24)9-4-2-8(3-5-9)10-6-18-21(7-13(14,15)16)12(22)11(10)19-20-17/h2-6H,7H2,1H3.